The molecule has 0 saturated heterocycles. The molecule has 0 aliphatic heterocycles. The molecular weight excluding hydrogens is 440 g/mol. The van der Waals surface area contributed by atoms with Crippen LogP contribution in [0.15, 0.2) is 59.5 Å². The zero-order chi connectivity index (χ0) is 25.3. The van der Waals surface area contributed by atoms with E-state index in [0.29, 0.717) is 41.1 Å². The molecule has 0 aliphatic rings. The van der Waals surface area contributed by atoms with Crippen LogP contribution in [0.2, 0.25) is 0 Å². The first-order valence-corrected chi connectivity index (χ1v) is 11.5. The van der Waals surface area contributed by atoms with Crippen molar-refractivity contribution >= 4 is 0 Å². The number of hydrogen-bond donors (Lipinski definition) is 1. The van der Waals surface area contributed by atoms with Gasteiger partial charge in [0.15, 0.2) is 5.82 Å². The van der Waals surface area contributed by atoms with E-state index >= 15 is 0 Å². The largest absolute Gasteiger partial charge is 0.472 e. The maximum atomic E-state index is 13.4. The number of benzene rings is 2. The second-order valence-electron chi connectivity index (χ2n) is 9.33. The molecule has 0 fully saturated rings. The van der Waals surface area contributed by atoms with Gasteiger partial charge in [-0.2, -0.15) is 4.98 Å². The zero-order valence-corrected chi connectivity index (χ0v) is 21.0. The maximum Gasteiger partial charge on any atom is 0.264 e. The van der Waals surface area contributed by atoms with E-state index in [2.05, 4.69) is 21.0 Å². The molecule has 7 nitrogen and oxygen atoms in total. The Kier molecular flexibility index (Phi) is 6.54. The Bertz CT molecular complexity index is 1450. The molecule has 0 amide bonds. The van der Waals surface area contributed by atoms with Gasteiger partial charge < -0.3 is 9.84 Å². The van der Waals surface area contributed by atoms with Gasteiger partial charge in [0, 0.05) is 11.8 Å². The van der Waals surface area contributed by atoms with Crippen LogP contribution in [0.25, 0.3) is 16.9 Å². The maximum absolute atomic E-state index is 13.4. The summed E-state index contributed by atoms with van der Waals surface area (Å²) < 4.78 is 7.54. The summed E-state index contributed by atoms with van der Waals surface area (Å²) in [6.07, 6.45) is 1.62. The van der Waals surface area contributed by atoms with Crippen molar-refractivity contribution in [1.82, 2.24) is 19.5 Å². The molecule has 0 spiro atoms. The average Bonchev–Trinajstić information content (AvgIpc) is 2.81. The number of aliphatic hydroxyl groups is 1. The molecule has 1 N–H and O–H groups in total. The quantitative estimate of drug-likeness (QED) is 0.438. The fourth-order valence-corrected chi connectivity index (χ4v) is 3.89. The Balaban J connectivity index is 1.72. The van der Waals surface area contributed by atoms with Gasteiger partial charge in [0.1, 0.15) is 18.0 Å². The van der Waals surface area contributed by atoms with Gasteiger partial charge in [-0.05, 0) is 64.8 Å². The SMILES string of the molecule is Cc1cccc(COc2nc(C)n(-c3cc(-c4ccnc(C(C)(C)O)n4)ccc3C)c(=O)c2C)c1. The topological polar surface area (TPSA) is 90.1 Å². The highest BCUT2D eigenvalue weighted by Crippen LogP contribution is 2.26. The number of aromatic nitrogens is 4. The Hall–Kier alpha value is -3.84. The molecule has 2 aromatic carbocycles. The molecule has 0 atom stereocenters. The highest BCUT2D eigenvalue weighted by Gasteiger charge is 2.21. The van der Waals surface area contributed by atoms with Gasteiger partial charge in [-0.3, -0.25) is 9.36 Å². The van der Waals surface area contributed by atoms with Crippen LogP contribution in [-0.4, -0.2) is 24.6 Å². The summed E-state index contributed by atoms with van der Waals surface area (Å²) in [4.78, 5) is 26.8. The van der Waals surface area contributed by atoms with Gasteiger partial charge in [0.25, 0.3) is 5.56 Å². The number of nitrogens with zero attached hydrogens (tertiary/aromatic N) is 4. The Morgan fingerprint density at radius 1 is 1.00 bits per heavy atom. The van der Waals surface area contributed by atoms with Crippen LogP contribution in [0.5, 0.6) is 5.88 Å². The van der Waals surface area contributed by atoms with E-state index in [1.54, 1.807) is 44.5 Å². The molecule has 0 bridgehead atoms. The van der Waals surface area contributed by atoms with Crippen molar-refractivity contribution in [2.45, 2.75) is 53.8 Å². The minimum absolute atomic E-state index is 0.183. The lowest BCUT2D eigenvalue weighted by molar-refractivity contribution is 0.0688. The molecule has 4 aromatic rings. The zero-order valence-electron chi connectivity index (χ0n) is 21.0. The number of ether oxygens (including phenoxy) is 1. The molecule has 180 valence electrons. The minimum atomic E-state index is -1.16. The third-order valence-electron chi connectivity index (χ3n) is 5.84. The monoisotopic (exact) mass is 470 g/mol. The van der Waals surface area contributed by atoms with E-state index in [4.69, 9.17) is 4.74 Å². The van der Waals surface area contributed by atoms with Crippen LogP contribution < -0.4 is 10.3 Å². The van der Waals surface area contributed by atoms with Crippen LogP contribution in [0, 0.1) is 27.7 Å². The molecule has 4 rings (SSSR count). The Morgan fingerprint density at radius 3 is 2.49 bits per heavy atom. The van der Waals surface area contributed by atoms with Crippen molar-refractivity contribution in [3.05, 3.63) is 99.0 Å². The van der Waals surface area contributed by atoms with E-state index in [9.17, 15) is 9.90 Å². The highest BCUT2D eigenvalue weighted by molar-refractivity contribution is 5.64. The summed E-state index contributed by atoms with van der Waals surface area (Å²) in [5.74, 6) is 1.20. The summed E-state index contributed by atoms with van der Waals surface area (Å²) in [6, 6.07) is 15.6. The fourth-order valence-electron chi connectivity index (χ4n) is 3.89. The number of rotatable bonds is 6. The summed E-state index contributed by atoms with van der Waals surface area (Å²) >= 11 is 0. The van der Waals surface area contributed by atoms with Crippen molar-refractivity contribution < 1.29 is 9.84 Å². The summed E-state index contributed by atoms with van der Waals surface area (Å²) in [5, 5.41) is 10.3. The molecular formula is C28H30N4O3. The smallest absolute Gasteiger partial charge is 0.264 e. The van der Waals surface area contributed by atoms with Crippen LogP contribution in [-0.2, 0) is 12.2 Å². The Labute approximate surface area is 205 Å². The van der Waals surface area contributed by atoms with Gasteiger partial charge in [-0.15, -0.1) is 0 Å². The molecule has 0 radical (unpaired) electrons. The van der Waals surface area contributed by atoms with Crippen molar-refractivity contribution in [2.75, 3.05) is 0 Å². The lowest BCUT2D eigenvalue weighted by atomic mass is 10.1. The molecule has 2 heterocycles. The van der Waals surface area contributed by atoms with Crippen LogP contribution in [0.4, 0.5) is 0 Å². The van der Waals surface area contributed by atoms with Crippen LogP contribution in [0.3, 0.4) is 0 Å². The van der Waals surface area contributed by atoms with Gasteiger partial charge in [-0.1, -0.05) is 42.0 Å². The fraction of sp³-hybridized carbons (Fsp3) is 0.286. The van der Waals surface area contributed by atoms with Crippen molar-refractivity contribution in [1.29, 1.82) is 0 Å². The van der Waals surface area contributed by atoms with E-state index < -0.39 is 5.60 Å². The van der Waals surface area contributed by atoms with Gasteiger partial charge >= 0.3 is 0 Å². The normalized spacial score (nSPS) is 11.5. The third kappa shape index (κ3) is 5.15. The standard InChI is InChI=1S/C28H30N4O3/c1-17-8-7-9-21(14-17)16-35-25-19(3)26(33)32(20(4)30-25)24-15-22(11-10-18(24)2)23-12-13-29-27(31-23)28(5,6)34/h7-15,34H,16H2,1-6H3. The summed E-state index contributed by atoms with van der Waals surface area (Å²) in [6.45, 7) is 11.1. The summed E-state index contributed by atoms with van der Waals surface area (Å²) in [5.41, 5.74) is 4.37. The number of aryl methyl sites for hydroxylation is 3. The second-order valence-corrected chi connectivity index (χ2v) is 9.33. The third-order valence-corrected chi connectivity index (χ3v) is 5.84. The molecule has 0 saturated carbocycles. The first-order chi connectivity index (χ1) is 16.5. The lowest BCUT2D eigenvalue weighted by Crippen LogP contribution is -2.26. The lowest BCUT2D eigenvalue weighted by Gasteiger charge is -2.18. The Morgan fingerprint density at radius 2 is 1.77 bits per heavy atom. The van der Waals surface area contributed by atoms with Crippen LogP contribution in [0.1, 0.15) is 47.8 Å². The first-order valence-electron chi connectivity index (χ1n) is 11.5. The molecule has 35 heavy (non-hydrogen) atoms. The second kappa shape index (κ2) is 9.43. The average molecular weight is 471 g/mol. The molecule has 0 unspecified atom stereocenters. The van der Waals surface area contributed by atoms with Crippen LogP contribution >= 0.6 is 0 Å². The molecule has 2 aromatic heterocycles. The first kappa shape index (κ1) is 24.3. The van der Waals surface area contributed by atoms with Gasteiger partial charge in [0.2, 0.25) is 5.88 Å². The van der Waals surface area contributed by atoms with Gasteiger partial charge in [0.05, 0.1) is 16.9 Å². The highest BCUT2D eigenvalue weighted by atomic mass is 16.5. The van der Waals surface area contributed by atoms with E-state index in [1.165, 1.54) is 0 Å². The van der Waals surface area contributed by atoms with E-state index in [0.717, 1.165) is 22.3 Å². The van der Waals surface area contributed by atoms with E-state index in [-0.39, 0.29) is 5.56 Å². The van der Waals surface area contributed by atoms with Gasteiger partial charge in [-0.25, -0.2) is 9.97 Å². The predicted octanol–water partition coefficient (Wildman–Crippen LogP) is 4.73. The molecule has 0 aliphatic carbocycles. The van der Waals surface area contributed by atoms with Crippen molar-refractivity contribution in [3.8, 4) is 22.8 Å². The van der Waals surface area contributed by atoms with E-state index in [1.807, 2.05) is 50.2 Å². The molecule has 7 heteroatoms. The van der Waals surface area contributed by atoms with Crippen molar-refractivity contribution in [3.63, 3.8) is 0 Å². The van der Waals surface area contributed by atoms with Crippen molar-refractivity contribution in [2.24, 2.45) is 0 Å². The minimum Gasteiger partial charge on any atom is -0.472 e. The number of hydrogen-bond acceptors (Lipinski definition) is 6. The summed E-state index contributed by atoms with van der Waals surface area (Å²) in [7, 11) is 0. The predicted molar refractivity (Wildman–Crippen MR) is 136 cm³/mol.